The molecule has 4 aromatic rings. The third-order valence-electron chi connectivity index (χ3n) is 6.26. The van der Waals surface area contributed by atoms with E-state index < -0.39 is 23.8 Å². The molecule has 40 heavy (non-hydrogen) atoms. The van der Waals surface area contributed by atoms with E-state index in [1.807, 2.05) is 36.4 Å². The second kappa shape index (κ2) is 11.9. The Hall–Kier alpha value is -4.25. The fourth-order valence-electron chi connectivity index (χ4n) is 4.21. The Morgan fingerprint density at radius 3 is 2.45 bits per heavy atom. The monoisotopic (exact) mass is 568 g/mol. The van der Waals surface area contributed by atoms with Gasteiger partial charge in [0.15, 0.2) is 0 Å². The number of cyclic esters (lactones) is 1. The smallest absolute Gasteiger partial charge is 0.416 e. The molecule has 0 spiro atoms. The summed E-state index contributed by atoms with van der Waals surface area (Å²) in [5.41, 5.74) is 1.58. The Labute approximate surface area is 231 Å². The van der Waals surface area contributed by atoms with Gasteiger partial charge in [-0.1, -0.05) is 41.2 Å². The third-order valence-corrected chi connectivity index (χ3v) is 7.26. The summed E-state index contributed by atoms with van der Waals surface area (Å²) in [5, 5.41) is 4.00. The normalized spacial score (nSPS) is 14.2. The number of carbonyl (C=O) groups is 2. The van der Waals surface area contributed by atoms with Crippen LogP contribution in [0.2, 0.25) is 0 Å². The van der Waals surface area contributed by atoms with Gasteiger partial charge >= 0.3 is 12.3 Å². The highest BCUT2D eigenvalue weighted by Crippen LogP contribution is 2.34. The van der Waals surface area contributed by atoms with E-state index in [2.05, 4.69) is 5.16 Å². The summed E-state index contributed by atoms with van der Waals surface area (Å²) < 4.78 is 54.2. The predicted molar refractivity (Wildman–Crippen MR) is 139 cm³/mol. The Bertz CT molecular complexity index is 1460. The van der Waals surface area contributed by atoms with Crippen molar-refractivity contribution in [1.82, 2.24) is 10.1 Å². The van der Waals surface area contributed by atoms with Gasteiger partial charge in [-0.25, -0.2) is 9.69 Å². The van der Waals surface area contributed by atoms with Gasteiger partial charge in [0.25, 0.3) is 0 Å². The molecule has 2 amide bonds. The molecule has 11 heteroatoms. The van der Waals surface area contributed by atoms with Crippen molar-refractivity contribution in [3.05, 3.63) is 108 Å². The molecule has 1 aliphatic rings. The Balaban J connectivity index is 1.22. The van der Waals surface area contributed by atoms with E-state index >= 15 is 0 Å². The van der Waals surface area contributed by atoms with E-state index in [4.69, 9.17) is 14.0 Å². The Morgan fingerprint density at radius 2 is 1.80 bits per heavy atom. The van der Waals surface area contributed by atoms with Crippen LogP contribution in [-0.4, -0.2) is 35.2 Å². The zero-order valence-corrected chi connectivity index (χ0v) is 21.8. The minimum absolute atomic E-state index is 0.0191. The predicted octanol–water partition coefficient (Wildman–Crippen LogP) is 6.92. The lowest BCUT2D eigenvalue weighted by Gasteiger charge is -2.18. The van der Waals surface area contributed by atoms with Gasteiger partial charge in [0.2, 0.25) is 5.91 Å². The largest absolute Gasteiger partial charge is 0.489 e. The van der Waals surface area contributed by atoms with Gasteiger partial charge in [0, 0.05) is 28.2 Å². The fraction of sp³-hybridized carbons (Fsp3) is 0.207. The van der Waals surface area contributed by atoms with Gasteiger partial charge < -0.3 is 14.0 Å². The summed E-state index contributed by atoms with van der Waals surface area (Å²) in [7, 11) is 0. The number of ether oxygens (including phenoxy) is 2. The number of imide groups is 1. The van der Waals surface area contributed by atoms with Crippen LogP contribution < -0.4 is 4.74 Å². The quantitative estimate of drug-likeness (QED) is 0.217. The van der Waals surface area contributed by atoms with Gasteiger partial charge in [-0.15, -0.1) is 0 Å². The van der Waals surface area contributed by atoms with Crippen LogP contribution >= 0.6 is 11.8 Å². The standard InChI is InChI=1S/C29H23F3N2O5S/c30-29(31,32)21-6-10-23(11-7-21)40-24-3-1-2-19(16-24)18-38-22-8-4-20(5-9-22)25(26-12-14-39-33-26)17-27(35)34-13-15-37-28(34)36/h1-12,14,16,25H,13,15,17-18H2. The minimum atomic E-state index is -4.36. The molecule has 1 unspecified atom stereocenters. The van der Waals surface area contributed by atoms with Crippen LogP contribution in [0, 0.1) is 0 Å². The summed E-state index contributed by atoms with van der Waals surface area (Å²) in [6, 6.07) is 21.6. The highest BCUT2D eigenvalue weighted by molar-refractivity contribution is 7.99. The topological polar surface area (TPSA) is 81.9 Å². The molecule has 5 rings (SSSR count). The van der Waals surface area contributed by atoms with Crippen molar-refractivity contribution in [2.24, 2.45) is 0 Å². The molecule has 1 aromatic heterocycles. The zero-order valence-electron chi connectivity index (χ0n) is 21.0. The van der Waals surface area contributed by atoms with Crippen molar-refractivity contribution >= 4 is 23.8 Å². The van der Waals surface area contributed by atoms with E-state index in [1.165, 1.54) is 30.2 Å². The SMILES string of the molecule is O=C(CC(c1ccc(OCc2cccc(Sc3ccc(C(F)(F)F)cc3)c2)cc1)c1ccon1)N1CCOC1=O. The summed E-state index contributed by atoms with van der Waals surface area (Å²) in [6.07, 6.45) is -3.56. The first-order valence-electron chi connectivity index (χ1n) is 12.3. The molecule has 7 nitrogen and oxygen atoms in total. The van der Waals surface area contributed by atoms with Crippen LogP contribution in [0.1, 0.15) is 34.7 Å². The number of benzene rings is 3. The summed E-state index contributed by atoms with van der Waals surface area (Å²) in [5.74, 6) is -0.171. The number of rotatable bonds is 9. The number of hydrogen-bond donors (Lipinski definition) is 0. The molecule has 2 heterocycles. The van der Waals surface area contributed by atoms with Gasteiger partial charge in [-0.2, -0.15) is 13.2 Å². The van der Waals surface area contributed by atoms with Crippen LogP contribution in [0.4, 0.5) is 18.0 Å². The second-order valence-electron chi connectivity index (χ2n) is 8.97. The third kappa shape index (κ3) is 6.66. The van der Waals surface area contributed by atoms with Crippen molar-refractivity contribution in [3.63, 3.8) is 0 Å². The molecular weight excluding hydrogens is 545 g/mol. The van der Waals surface area contributed by atoms with Crippen LogP contribution in [0.3, 0.4) is 0 Å². The van der Waals surface area contributed by atoms with E-state index in [9.17, 15) is 22.8 Å². The lowest BCUT2D eigenvalue weighted by atomic mass is 9.92. The highest BCUT2D eigenvalue weighted by atomic mass is 32.2. The first kappa shape index (κ1) is 27.3. The molecule has 1 saturated heterocycles. The van der Waals surface area contributed by atoms with Gasteiger partial charge in [0.05, 0.1) is 17.8 Å². The maximum Gasteiger partial charge on any atom is 0.416 e. The zero-order chi connectivity index (χ0) is 28.1. The molecule has 1 atom stereocenters. The molecule has 0 radical (unpaired) electrons. The number of halogens is 3. The van der Waals surface area contributed by atoms with E-state index in [1.54, 1.807) is 18.2 Å². The Kier molecular flexibility index (Phi) is 8.11. The van der Waals surface area contributed by atoms with Crippen molar-refractivity contribution in [2.45, 2.75) is 34.9 Å². The summed E-state index contributed by atoms with van der Waals surface area (Å²) >= 11 is 1.36. The highest BCUT2D eigenvalue weighted by Gasteiger charge is 2.32. The number of amides is 2. The van der Waals surface area contributed by atoms with Crippen LogP contribution in [0.15, 0.2) is 99.4 Å². The van der Waals surface area contributed by atoms with Crippen LogP contribution in [-0.2, 0) is 22.3 Å². The lowest BCUT2D eigenvalue weighted by molar-refractivity contribution is -0.137. The molecule has 1 fully saturated rings. The molecule has 0 N–H and O–H groups in total. The molecule has 206 valence electrons. The average Bonchev–Trinajstić information content (AvgIpc) is 3.63. The first-order valence-corrected chi connectivity index (χ1v) is 13.1. The van der Waals surface area contributed by atoms with E-state index in [0.29, 0.717) is 16.3 Å². The number of carbonyl (C=O) groups excluding carboxylic acids is 2. The second-order valence-corrected chi connectivity index (χ2v) is 10.1. The lowest BCUT2D eigenvalue weighted by Crippen LogP contribution is -2.32. The maximum absolute atomic E-state index is 12.8. The van der Waals surface area contributed by atoms with Crippen molar-refractivity contribution in [1.29, 1.82) is 0 Å². The molecule has 3 aromatic carbocycles. The summed E-state index contributed by atoms with van der Waals surface area (Å²) in [4.78, 5) is 27.2. The number of alkyl halides is 3. The maximum atomic E-state index is 12.8. The summed E-state index contributed by atoms with van der Waals surface area (Å²) in [6.45, 7) is 0.685. The van der Waals surface area contributed by atoms with E-state index in [-0.39, 0.29) is 32.1 Å². The minimum Gasteiger partial charge on any atom is -0.489 e. The fourth-order valence-corrected chi connectivity index (χ4v) is 5.11. The van der Waals surface area contributed by atoms with Gasteiger partial charge in [-0.05, 0) is 59.7 Å². The first-order chi connectivity index (χ1) is 19.3. The molecule has 0 aliphatic carbocycles. The van der Waals surface area contributed by atoms with Crippen molar-refractivity contribution < 1.29 is 36.8 Å². The van der Waals surface area contributed by atoms with Crippen molar-refractivity contribution in [3.8, 4) is 5.75 Å². The average molecular weight is 569 g/mol. The van der Waals surface area contributed by atoms with Crippen molar-refractivity contribution in [2.75, 3.05) is 13.2 Å². The molecule has 0 saturated carbocycles. The molecule has 0 bridgehead atoms. The van der Waals surface area contributed by atoms with Gasteiger partial charge in [-0.3, -0.25) is 4.79 Å². The molecule has 1 aliphatic heterocycles. The van der Waals surface area contributed by atoms with E-state index in [0.717, 1.165) is 33.1 Å². The number of hydrogen-bond acceptors (Lipinski definition) is 7. The number of nitrogens with zero attached hydrogens (tertiary/aromatic N) is 2. The molecular formula is C29H23F3N2O5S. The number of aromatic nitrogens is 1. The van der Waals surface area contributed by atoms with Crippen LogP contribution in [0.25, 0.3) is 0 Å². The van der Waals surface area contributed by atoms with Gasteiger partial charge in [0.1, 0.15) is 25.2 Å². The van der Waals surface area contributed by atoms with Crippen LogP contribution in [0.5, 0.6) is 5.75 Å². The Morgan fingerprint density at radius 1 is 1.02 bits per heavy atom.